The monoisotopic (exact) mass is 439 g/mol. The van der Waals surface area contributed by atoms with Gasteiger partial charge in [0.1, 0.15) is 11.4 Å². The summed E-state index contributed by atoms with van der Waals surface area (Å²) in [5.41, 5.74) is 0.592. The molecule has 0 atom stereocenters. The van der Waals surface area contributed by atoms with E-state index < -0.39 is 17.6 Å². The van der Waals surface area contributed by atoms with Crippen LogP contribution in [0.1, 0.15) is 31.1 Å². The number of halogens is 2. The molecule has 0 saturated carbocycles. The van der Waals surface area contributed by atoms with Crippen molar-refractivity contribution in [1.29, 1.82) is 0 Å². The third-order valence-electron chi connectivity index (χ3n) is 3.54. The largest absolute Gasteiger partial charge is 0.507 e. The van der Waals surface area contributed by atoms with Crippen LogP contribution in [0.4, 0.5) is 16.2 Å². The summed E-state index contributed by atoms with van der Waals surface area (Å²) in [6, 6.07) is 9.20. The van der Waals surface area contributed by atoms with Crippen LogP contribution in [0.25, 0.3) is 0 Å². The zero-order valence-electron chi connectivity index (χ0n) is 16.3. The van der Waals surface area contributed by atoms with E-state index in [9.17, 15) is 14.7 Å². The van der Waals surface area contributed by atoms with Crippen molar-refractivity contribution in [2.75, 3.05) is 23.7 Å². The van der Waals surface area contributed by atoms with Gasteiger partial charge < -0.3 is 25.8 Å². The lowest BCUT2D eigenvalue weighted by molar-refractivity contribution is 0.0530. The average molecular weight is 440 g/mol. The molecule has 0 unspecified atom stereocenters. The molecule has 156 valence electrons. The molecule has 0 fully saturated rings. The van der Waals surface area contributed by atoms with Crippen LogP contribution in [0, 0.1) is 0 Å². The standard InChI is InChI=1S/C20H23Cl2N3O4/c1-20(2,3)29-19(28)24-9-8-23-13-5-6-16(15(22)11-13)25-18(27)14-10-12(21)4-7-17(14)26/h4-7,10-11,23,26H,8-9H2,1-3H3,(H,24,28)(H,25,27). The molecule has 7 nitrogen and oxygen atoms in total. The lowest BCUT2D eigenvalue weighted by Gasteiger charge is -2.19. The van der Waals surface area contributed by atoms with Crippen molar-refractivity contribution < 1.29 is 19.4 Å². The summed E-state index contributed by atoms with van der Waals surface area (Å²) >= 11 is 12.1. The number of phenols is 1. The van der Waals surface area contributed by atoms with Crippen molar-refractivity contribution in [3.63, 3.8) is 0 Å². The average Bonchev–Trinajstić information content (AvgIpc) is 2.61. The van der Waals surface area contributed by atoms with Crippen molar-refractivity contribution in [1.82, 2.24) is 5.32 Å². The number of hydrogen-bond acceptors (Lipinski definition) is 5. The van der Waals surface area contributed by atoms with Gasteiger partial charge in [-0.2, -0.15) is 0 Å². The minimum absolute atomic E-state index is 0.0454. The number of benzene rings is 2. The van der Waals surface area contributed by atoms with E-state index in [0.29, 0.717) is 34.5 Å². The Morgan fingerprint density at radius 2 is 1.79 bits per heavy atom. The first-order valence-corrected chi connectivity index (χ1v) is 9.61. The van der Waals surface area contributed by atoms with Crippen LogP contribution in [-0.4, -0.2) is 35.8 Å². The molecular weight excluding hydrogens is 417 g/mol. The van der Waals surface area contributed by atoms with Gasteiger partial charge in [-0.05, 0) is 57.2 Å². The number of carbonyl (C=O) groups excluding carboxylic acids is 2. The van der Waals surface area contributed by atoms with E-state index in [2.05, 4.69) is 16.0 Å². The first-order chi connectivity index (χ1) is 13.5. The van der Waals surface area contributed by atoms with Crippen LogP contribution in [0.5, 0.6) is 5.75 Å². The summed E-state index contributed by atoms with van der Waals surface area (Å²) in [6.45, 7) is 6.19. The maximum absolute atomic E-state index is 12.3. The topological polar surface area (TPSA) is 99.7 Å². The minimum Gasteiger partial charge on any atom is -0.507 e. The second kappa shape index (κ2) is 9.71. The van der Waals surface area contributed by atoms with Crippen LogP contribution in [-0.2, 0) is 4.74 Å². The molecule has 0 spiro atoms. The third-order valence-corrected chi connectivity index (χ3v) is 4.09. The van der Waals surface area contributed by atoms with Crippen LogP contribution >= 0.6 is 23.2 Å². The molecule has 0 aromatic heterocycles. The molecule has 2 aromatic carbocycles. The van der Waals surface area contributed by atoms with Gasteiger partial charge in [-0.3, -0.25) is 4.79 Å². The van der Waals surface area contributed by atoms with Gasteiger partial charge in [0.2, 0.25) is 0 Å². The maximum Gasteiger partial charge on any atom is 0.407 e. The Hall–Kier alpha value is -2.64. The Bertz CT molecular complexity index is 898. The third kappa shape index (κ3) is 7.36. The molecule has 29 heavy (non-hydrogen) atoms. The van der Waals surface area contributed by atoms with Gasteiger partial charge in [-0.1, -0.05) is 23.2 Å². The van der Waals surface area contributed by atoms with Gasteiger partial charge in [-0.15, -0.1) is 0 Å². The highest BCUT2D eigenvalue weighted by Crippen LogP contribution is 2.28. The van der Waals surface area contributed by atoms with Gasteiger partial charge in [0.25, 0.3) is 5.91 Å². The zero-order valence-corrected chi connectivity index (χ0v) is 17.8. The second-order valence-corrected chi connectivity index (χ2v) is 8.01. The van der Waals surface area contributed by atoms with Crippen LogP contribution in [0.15, 0.2) is 36.4 Å². The first-order valence-electron chi connectivity index (χ1n) is 8.85. The maximum atomic E-state index is 12.3. The summed E-state index contributed by atoms with van der Waals surface area (Å²) in [4.78, 5) is 23.9. The van der Waals surface area contributed by atoms with E-state index in [1.165, 1.54) is 18.2 Å². The van der Waals surface area contributed by atoms with E-state index in [-0.39, 0.29) is 11.3 Å². The Balaban J connectivity index is 1.89. The highest BCUT2D eigenvalue weighted by Gasteiger charge is 2.16. The number of aromatic hydroxyl groups is 1. The molecular formula is C20H23Cl2N3O4. The fraction of sp³-hybridized carbons (Fsp3) is 0.300. The normalized spacial score (nSPS) is 10.9. The van der Waals surface area contributed by atoms with Gasteiger partial charge >= 0.3 is 6.09 Å². The minimum atomic E-state index is -0.548. The summed E-state index contributed by atoms with van der Waals surface area (Å²) in [5, 5.41) is 18.8. The number of alkyl carbamates (subject to hydrolysis) is 1. The number of phenolic OH excluding ortho intramolecular Hbond substituents is 1. The summed E-state index contributed by atoms with van der Waals surface area (Å²) in [7, 11) is 0. The predicted octanol–water partition coefficient (Wildman–Crippen LogP) is 4.89. The molecule has 0 aliphatic rings. The van der Waals surface area contributed by atoms with Crippen LogP contribution in [0.3, 0.4) is 0 Å². The Morgan fingerprint density at radius 1 is 1.07 bits per heavy atom. The highest BCUT2D eigenvalue weighted by atomic mass is 35.5. The molecule has 2 aromatic rings. The molecule has 0 heterocycles. The Kier molecular flexibility index (Phi) is 7.59. The smallest absolute Gasteiger partial charge is 0.407 e. The van der Waals surface area contributed by atoms with Crippen molar-refractivity contribution in [3.8, 4) is 5.75 Å². The molecule has 4 N–H and O–H groups in total. The molecule has 0 radical (unpaired) electrons. The molecule has 0 saturated heterocycles. The highest BCUT2D eigenvalue weighted by molar-refractivity contribution is 6.34. The lowest BCUT2D eigenvalue weighted by Crippen LogP contribution is -2.34. The van der Waals surface area contributed by atoms with Crippen molar-refractivity contribution in [2.45, 2.75) is 26.4 Å². The molecule has 0 bridgehead atoms. The van der Waals surface area contributed by atoms with Crippen LogP contribution < -0.4 is 16.0 Å². The number of amides is 2. The fourth-order valence-corrected chi connectivity index (χ4v) is 2.69. The molecule has 2 amide bonds. The molecule has 9 heteroatoms. The Morgan fingerprint density at radius 3 is 2.45 bits per heavy atom. The van der Waals surface area contributed by atoms with Gasteiger partial charge in [-0.25, -0.2) is 4.79 Å². The van der Waals surface area contributed by atoms with Crippen molar-refractivity contribution in [2.24, 2.45) is 0 Å². The summed E-state index contributed by atoms with van der Waals surface area (Å²) < 4.78 is 5.15. The van der Waals surface area contributed by atoms with E-state index in [0.717, 1.165) is 0 Å². The summed E-state index contributed by atoms with van der Waals surface area (Å²) in [5.74, 6) is -0.715. The number of ether oxygens (including phenoxy) is 1. The molecule has 0 aliphatic heterocycles. The first kappa shape index (κ1) is 22.6. The summed E-state index contributed by atoms with van der Waals surface area (Å²) in [6.07, 6.45) is -0.486. The van der Waals surface area contributed by atoms with Crippen LogP contribution in [0.2, 0.25) is 10.0 Å². The SMILES string of the molecule is CC(C)(C)OC(=O)NCCNc1ccc(NC(=O)c2cc(Cl)ccc2O)c(Cl)c1. The molecule has 0 aliphatic carbocycles. The molecule has 2 rings (SSSR count). The lowest BCUT2D eigenvalue weighted by atomic mass is 10.2. The van der Waals surface area contributed by atoms with Gasteiger partial charge in [0.15, 0.2) is 0 Å². The second-order valence-electron chi connectivity index (χ2n) is 7.17. The Labute approximate surface area is 179 Å². The van der Waals surface area contributed by atoms with Crippen molar-refractivity contribution >= 4 is 46.6 Å². The van der Waals surface area contributed by atoms with Crippen molar-refractivity contribution in [3.05, 3.63) is 52.0 Å². The van der Waals surface area contributed by atoms with E-state index in [1.54, 1.807) is 39.0 Å². The van der Waals surface area contributed by atoms with Gasteiger partial charge in [0.05, 0.1) is 16.3 Å². The fourth-order valence-electron chi connectivity index (χ4n) is 2.29. The van der Waals surface area contributed by atoms with E-state index >= 15 is 0 Å². The van der Waals surface area contributed by atoms with E-state index in [1.807, 2.05) is 0 Å². The number of hydrogen-bond donors (Lipinski definition) is 4. The van der Waals surface area contributed by atoms with Gasteiger partial charge in [0, 0.05) is 23.8 Å². The van der Waals surface area contributed by atoms with E-state index in [4.69, 9.17) is 27.9 Å². The quantitative estimate of drug-likeness (QED) is 0.480. The number of nitrogens with one attached hydrogen (secondary N) is 3. The zero-order chi connectivity index (χ0) is 21.6. The number of carbonyl (C=O) groups is 2. The predicted molar refractivity (Wildman–Crippen MR) is 115 cm³/mol. The number of rotatable bonds is 6. The number of anilines is 2.